The summed E-state index contributed by atoms with van der Waals surface area (Å²) in [5.41, 5.74) is 10.4. The van der Waals surface area contributed by atoms with E-state index in [2.05, 4.69) is 115 Å². The molecule has 0 N–H and O–H groups in total. The van der Waals surface area contributed by atoms with Crippen molar-refractivity contribution in [2.24, 2.45) is 0 Å². The van der Waals surface area contributed by atoms with Crippen LogP contribution in [0.25, 0.3) is 111 Å². The van der Waals surface area contributed by atoms with Crippen molar-refractivity contribution < 1.29 is 8.83 Å². The van der Waals surface area contributed by atoms with Crippen LogP contribution in [0.3, 0.4) is 0 Å². The Morgan fingerprint density at radius 3 is 1.74 bits per heavy atom. The maximum atomic E-state index is 6.31. The zero-order valence-electron chi connectivity index (χ0n) is 28.9. The summed E-state index contributed by atoms with van der Waals surface area (Å²) in [4.78, 5) is 15.6. The van der Waals surface area contributed by atoms with Crippen LogP contribution in [-0.2, 0) is 0 Å². The maximum absolute atomic E-state index is 6.31. The van der Waals surface area contributed by atoms with Crippen molar-refractivity contribution in [3.8, 4) is 56.4 Å². The van der Waals surface area contributed by atoms with E-state index in [4.69, 9.17) is 23.8 Å². The molecule has 0 bridgehead atoms. The Kier molecular flexibility index (Phi) is 6.79. The fourth-order valence-electron chi connectivity index (χ4n) is 7.81. The predicted octanol–water partition coefficient (Wildman–Crippen LogP) is 13.2. The summed E-state index contributed by atoms with van der Waals surface area (Å²) in [6.07, 6.45) is 0. The van der Waals surface area contributed by atoms with Gasteiger partial charge in [-0.3, -0.25) is 0 Å². The lowest BCUT2D eigenvalue weighted by molar-refractivity contribution is 0.668. The van der Waals surface area contributed by atoms with Crippen LogP contribution < -0.4 is 0 Å². The molecule has 5 nitrogen and oxygen atoms in total. The lowest BCUT2D eigenvalue weighted by atomic mass is 9.91. The first-order valence-electron chi connectivity index (χ1n) is 18.0. The average molecular weight is 692 g/mol. The normalized spacial score (nSPS) is 11.7. The molecule has 0 saturated heterocycles. The Hall–Kier alpha value is -7.37. The zero-order chi connectivity index (χ0) is 35.6. The number of benzene rings is 8. The van der Waals surface area contributed by atoms with E-state index in [9.17, 15) is 0 Å². The Bertz CT molecular complexity index is 3230. The van der Waals surface area contributed by atoms with E-state index >= 15 is 0 Å². The molecule has 54 heavy (non-hydrogen) atoms. The van der Waals surface area contributed by atoms with Crippen molar-refractivity contribution in [3.05, 3.63) is 176 Å². The summed E-state index contributed by atoms with van der Waals surface area (Å²) < 4.78 is 12.6. The maximum Gasteiger partial charge on any atom is 0.164 e. The number of hydrogen-bond acceptors (Lipinski definition) is 5. The van der Waals surface area contributed by atoms with Gasteiger partial charge in [0.25, 0.3) is 0 Å². The Morgan fingerprint density at radius 2 is 0.870 bits per heavy atom. The van der Waals surface area contributed by atoms with Crippen LogP contribution >= 0.6 is 0 Å². The van der Waals surface area contributed by atoms with E-state index in [0.29, 0.717) is 17.5 Å². The number of rotatable bonds is 5. The minimum atomic E-state index is 0.595. The van der Waals surface area contributed by atoms with E-state index < -0.39 is 0 Å². The minimum absolute atomic E-state index is 0.595. The fourth-order valence-corrected chi connectivity index (χ4v) is 7.81. The largest absolute Gasteiger partial charge is 0.456 e. The molecule has 0 amide bonds. The zero-order valence-corrected chi connectivity index (χ0v) is 28.9. The van der Waals surface area contributed by atoms with E-state index in [1.807, 2.05) is 60.7 Å². The van der Waals surface area contributed by atoms with Crippen molar-refractivity contribution in [1.29, 1.82) is 0 Å². The van der Waals surface area contributed by atoms with Gasteiger partial charge in [0.05, 0.1) is 0 Å². The molecule has 11 rings (SSSR count). The van der Waals surface area contributed by atoms with Gasteiger partial charge in [0.1, 0.15) is 22.3 Å². The molecule has 11 aromatic rings. The molecule has 0 saturated carbocycles. The third kappa shape index (κ3) is 4.90. The lowest BCUT2D eigenvalue weighted by Crippen LogP contribution is -2.01. The van der Waals surface area contributed by atoms with Crippen LogP contribution in [0.4, 0.5) is 0 Å². The van der Waals surface area contributed by atoms with Gasteiger partial charge < -0.3 is 8.83 Å². The van der Waals surface area contributed by atoms with Crippen LogP contribution in [0.15, 0.2) is 185 Å². The van der Waals surface area contributed by atoms with Crippen LogP contribution in [0, 0.1) is 0 Å². The van der Waals surface area contributed by atoms with Gasteiger partial charge in [-0.05, 0) is 75.5 Å². The highest BCUT2D eigenvalue weighted by atomic mass is 16.3. The second-order valence-electron chi connectivity index (χ2n) is 13.5. The van der Waals surface area contributed by atoms with Crippen LogP contribution in [-0.4, -0.2) is 15.0 Å². The van der Waals surface area contributed by atoms with Crippen molar-refractivity contribution in [2.75, 3.05) is 0 Å². The number of furan rings is 2. The SMILES string of the molecule is c1ccc(-c2nc(-c3ccc(-c4cccc5oc6ccccc6c45)cc3-c3ccc4oc5ccccc5c4c3)nc(-c3cccc4ccccc34)n2)cc1. The van der Waals surface area contributed by atoms with Gasteiger partial charge in [-0.25, -0.2) is 15.0 Å². The van der Waals surface area contributed by atoms with Crippen LogP contribution in [0.1, 0.15) is 0 Å². The van der Waals surface area contributed by atoms with Crippen molar-refractivity contribution in [1.82, 2.24) is 15.0 Å². The highest BCUT2D eigenvalue weighted by Crippen LogP contribution is 2.42. The molecule has 8 aromatic carbocycles. The van der Waals surface area contributed by atoms with E-state index in [1.54, 1.807) is 0 Å². The number of fused-ring (bicyclic) bond motifs is 7. The summed E-state index contributed by atoms with van der Waals surface area (Å²) in [6, 6.07) is 60.5. The van der Waals surface area contributed by atoms with E-state index in [-0.39, 0.29) is 0 Å². The van der Waals surface area contributed by atoms with Crippen molar-refractivity contribution in [2.45, 2.75) is 0 Å². The first-order valence-corrected chi connectivity index (χ1v) is 18.0. The van der Waals surface area contributed by atoms with Gasteiger partial charge in [-0.1, -0.05) is 133 Å². The minimum Gasteiger partial charge on any atom is -0.456 e. The fraction of sp³-hybridized carbons (Fsp3) is 0. The lowest BCUT2D eigenvalue weighted by Gasteiger charge is -2.15. The molecule has 0 fully saturated rings. The molecule has 5 heteroatoms. The first kappa shape index (κ1) is 30.3. The average Bonchev–Trinajstić information content (AvgIpc) is 3.82. The van der Waals surface area contributed by atoms with Crippen LogP contribution in [0.5, 0.6) is 0 Å². The smallest absolute Gasteiger partial charge is 0.164 e. The number of aromatic nitrogens is 3. The Balaban J connectivity index is 1.19. The number of hydrogen-bond donors (Lipinski definition) is 0. The first-order chi connectivity index (χ1) is 26.7. The molecule has 0 aliphatic carbocycles. The second kappa shape index (κ2) is 12.1. The van der Waals surface area contributed by atoms with Crippen molar-refractivity contribution in [3.63, 3.8) is 0 Å². The van der Waals surface area contributed by atoms with Gasteiger partial charge >= 0.3 is 0 Å². The molecular weight excluding hydrogens is 663 g/mol. The molecule has 0 aliphatic heterocycles. The van der Waals surface area contributed by atoms with Crippen LogP contribution in [0.2, 0.25) is 0 Å². The standard InChI is InChI=1S/C49H29N3O2/c1-2-13-31(14-3-1)47-50-48(37-20-10-15-30-12-4-5-16-34(30)37)52-49(51-47)38-26-24-32(35-19-11-23-45-46(35)39-18-7-9-22-43(39)54-45)28-40(38)33-25-27-44-41(29-33)36-17-6-8-21-42(36)53-44/h1-29H. The van der Waals surface area contributed by atoms with E-state index in [0.717, 1.165) is 93.6 Å². The van der Waals surface area contributed by atoms with Gasteiger partial charge in [0.15, 0.2) is 17.5 Å². The molecule has 0 spiro atoms. The third-order valence-electron chi connectivity index (χ3n) is 10.4. The summed E-state index contributed by atoms with van der Waals surface area (Å²) in [6.45, 7) is 0. The topological polar surface area (TPSA) is 65.0 Å². The molecule has 252 valence electrons. The van der Waals surface area contributed by atoms with Crippen molar-refractivity contribution >= 4 is 54.6 Å². The van der Waals surface area contributed by atoms with Gasteiger partial charge in [0.2, 0.25) is 0 Å². The van der Waals surface area contributed by atoms with Gasteiger partial charge in [-0.15, -0.1) is 0 Å². The Labute approximate surface area is 309 Å². The molecule has 3 heterocycles. The second-order valence-corrected chi connectivity index (χ2v) is 13.5. The van der Waals surface area contributed by atoms with Gasteiger partial charge in [-0.2, -0.15) is 0 Å². The third-order valence-corrected chi connectivity index (χ3v) is 10.4. The number of para-hydroxylation sites is 2. The highest BCUT2D eigenvalue weighted by Gasteiger charge is 2.20. The van der Waals surface area contributed by atoms with Gasteiger partial charge in [0, 0.05) is 38.2 Å². The molecule has 0 unspecified atom stereocenters. The molecular formula is C49H29N3O2. The molecule has 0 aliphatic rings. The Morgan fingerprint density at radius 1 is 0.296 bits per heavy atom. The summed E-state index contributed by atoms with van der Waals surface area (Å²) >= 11 is 0. The summed E-state index contributed by atoms with van der Waals surface area (Å²) in [7, 11) is 0. The molecule has 0 atom stereocenters. The number of nitrogens with zero attached hydrogens (tertiary/aromatic N) is 3. The molecule has 3 aromatic heterocycles. The summed E-state index contributed by atoms with van der Waals surface area (Å²) in [5, 5.41) is 6.53. The molecule has 0 radical (unpaired) electrons. The highest BCUT2D eigenvalue weighted by molar-refractivity contribution is 6.13. The van der Waals surface area contributed by atoms with E-state index in [1.165, 1.54) is 0 Å². The summed E-state index contributed by atoms with van der Waals surface area (Å²) in [5.74, 6) is 1.83. The quantitative estimate of drug-likeness (QED) is 0.180. The monoisotopic (exact) mass is 691 g/mol. The predicted molar refractivity (Wildman–Crippen MR) is 219 cm³/mol.